The quantitative estimate of drug-likeness (QED) is 0.687. The van der Waals surface area contributed by atoms with Gasteiger partial charge in [0.15, 0.2) is 20.6 Å². The van der Waals surface area contributed by atoms with E-state index in [1.165, 1.54) is 10.6 Å². The van der Waals surface area contributed by atoms with Crippen molar-refractivity contribution in [2.75, 3.05) is 12.0 Å². The molecule has 0 radical (unpaired) electrons. The van der Waals surface area contributed by atoms with Crippen molar-refractivity contribution in [1.82, 2.24) is 14.4 Å². The Hall–Kier alpha value is -2.16. The van der Waals surface area contributed by atoms with Gasteiger partial charge in [-0.25, -0.2) is 23.2 Å². The Kier molecular flexibility index (Phi) is 2.28. The van der Waals surface area contributed by atoms with E-state index in [0.717, 1.165) is 12.3 Å². The van der Waals surface area contributed by atoms with Crippen LogP contribution >= 0.6 is 0 Å². The summed E-state index contributed by atoms with van der Waals surface area (Å²) in [5.74, 6) is -1.36. The first kappa shape index (κ1) is 11.3. The van der Waals surface area contributed by atoms with Gasteiger partial charge in [0, 0.05) is 18.5 Å². The highest BCUT2D eigenvalue weighted by Crippen LogP contribution is 2.14. The monoisotopic (exact) mass is 256 g/mol. The average molecular weight is 256 g/mol. The third kappa shape index (κ3) is 1.91. The van der Waals surface area contributed by atoms with Crippen LogP contribution in [0.15, 0.2) is 17.3 Å². The molecule has 0 saturated carbocycles. The normalized spacial score (nSPS) is 11.8. The van der Waals surface area contributed by atoms with Crippen LogP contribution in [0.4, 0.5) is 5.95 Å². The first-order valence-corrected chi connectivity index (χ1v) is 6.27. The molecule has 0 unspecified atom stereocenters. The molecule has 2 heterocycles. The average Bonchev–Trinajstić information content (AvgIpc) is 2.60. The van der Waals surface area contributed by atoms with Gasteiger partial charge in [-0.15, -0.1) is 0 Å². The minimum atomic E-state index is -3.52. The Morgan fingerprint density at radius 3 is 2.65 bits per heavy atom. The second-order valence-corrected chi connectivity index (χ2v) is 5.35. The molecule has 0 aliphatic carbocycles. The highest BCUT2D eigenvalue weighted by Gasteiger charge is 2.16. The van der Waals surface area contributed by atoms with Gasteiger partial charge in [0.1, 0.15) is 5.65 Å². The minimum Gasteiger partial charge on any atom is -0.476 e. The van der Waals surface area contributed by atoms with Gasteiger partial charge in [0.05, 0.1) is 0 Å². The number of sulfone groups is 1. The maximum absolute atomic E-state index is 11.3. The molecule has 0 spiro atoms. The second kappa shape index (κ2) is 3.42. The number of fused-ring (bicyclic) bond motifs is 1. The Morgan fingerprint density at radius 1 is 1.47 bits per heavy atom. The second-order valence-electron chi connectivity index (χ2n) is 3.38. The van der Waals surface area contributed by atoms with Gasteiger partial charge in [-0.3, -0.25) is 4.40 Å². The summed E-state index contributed by atoms with van der Waals surface area (Å²) in [7, 11) is -3.52. The molecule has 17 heavy (non-hydrogen) atoms. The van der Waals surface area contributed by atoms with Gasteiger partial charge in [0.25, 0.3) is 0 Å². The molecule has 0 aliphatic heterocycles. The molecule has 0 bridgehead atoms. The zero-order valence-corrected chi connectivity index (χ0v) is 9.47. The molecule has 0 aliphatic rings. The fourth-order valence-electron chi connectivity index (χ4n) is 1.28. The van der Waals surface area contributed by atoms with Gasteiger partial charge in [-0.2, -0.15) is 0 Å². The summed E-state index contributed by atoms with van der Waals surface area (Å²) in [6, 6.07) is 1.16. The molecule has 0 saturated heterocycles. The van der Waals surface area contributed by atoms with Crippen molar-refractivity contribution < 1.29 is 18.3 Å². The summed E-state index contributed by atoms with van der Waals surface area (Å²) in [4.78, 5) is 18.1. The van der Waals surface area contributed by atoms with Crippen LogP contribution in [0.25, 0.3) is 5.65 Å². The van der Waals surface area contributed by atoms with Gasteiger partial charge in [-0.05, 0) is 0 Å². The fraction of sp³-hybridized carbons (Fsp3) is 0.125. The zero-order valence-electron chi connectivity index (χ0n) is 8.65. The number of imidazole rings is 1. The molecule has 0 amide bonds. The van der Waals surface area contributed by atoms with E-state index in [2.05, 4.69) is 9.97 Å². The van der Waals surface area contributed by atoms with E-state index in [4.69, 9.17) is 10.8 Å². The molecule has 8 nitrogen and oxygen atoms in total. The Labute approximate surface area is 95.6 Å². The number of rotatable bonds is 2. The van der Waals surface area contributed by atoms with Crippen LogP contribution in [0.5, 0.6) is 0 Å². The molecule has 3 N–H and O–H groups in total. The topological polar surface area (TPSA) is 128 Å². The van der Waals surface area contributed by atoms with Crippen molar-refractivity contribution in [3.05, 3.63) is 18.0 Å². The predicted molar refractivity (Wildman–Crippen MR) is 57.5 cm³/mol. The molecule has 0 aromatic carbocycles. The van der Waals surface area contributed by atoms with E-state index >= 15 is 0 Å². The number of nitrogens with zero attached hydrogens (tertiary/aromatic N) is 3. The van der Waals surface area contributed by atoms with Crippen LogP contribution < -0.4 is 5.73 Å². The first-order valence-electron chi connectivity index (χ1n) is 4.38. The van der Waals surface area contributed by atoms with Crippen LogP contribution in [0.3, 0.4) is 0 Å². The Balaban J connectivity index is 2.78. The number of carboxylic acid groups (broad SMARTS) is 1. The van der Waals surface area contributed by atoms with E-state index in [1.54, 1.807) is 0 Å². The van der Waals surface area contributed by atoms with Crippen LogP contribution in [-0.4, -0.2) is 40.1 Å². The van der Waals surface area contributed by atoms with Crippen molar-refractivity contribution >= 4 is 27.4 Å². The molecule has 2 rings (SSSR count). The number of aromatic nitrogens is 3. The van der Waals surface area contributed by atoms with Crippen molar-refractivity contribution in [2.45, 2.75) is 5.03 Å². The van der Waals surface area contributed by atoms with Crippen LogP contribution in [0.1, 0.15) is 10.5 Å². The molecule has 0 atom stereocenters. The van der Waals surface area contributed by atoms with Gasteiger partial charge >= 0.3 is 5.97 Å². The summed E-state index contributed by atoms with van der Waals surface area (Å²) in [5, 5.41) is 8.51. The van der Waals surface area contributed by atoms with Gasteiger partial charge < -0.3 is 10.8 Å². The largest absolute Gasteiger partial charge is 0.476 e. The number of carbonyl (C=O) groups is 1. The highest BCUT2D eigenvalue weighted by molar-refractivity contribution is 7.90. The van der Waals surface area contributed by atoms with Crippen LogP contribution in [0.2, 0.25) is 0 Å². The lowest BCUT2D eigenvalue weighted by Crippen LogP contribution is -2.07. The van der Waals surface area contributed by atoms with Crippen molar-refractivity contribution in [3.63, 3.8) is 0 Å². The molecular formula is C8H8N4O4S. The van der Waals surface area contributed by atoms with Crippen LogP contribution in [0, 0.1) is 0 Å². The number of nitrogen functional groups attached to an aromatic ring is 1. The maximum Gasteiger partial charge on any atom is 0.356 e. The van der Waals surface area contributed by atoms with Crippen molar-refractivity contribution in [3.8, 4) is 0 Å². The van der Waals surface area contributed by atoms with Crippen LogP contribution in [-0.2, 0) is 9.84 Å². The summed E-state index contributed by atoms with van der Waals surface area (Å²) in [5.41, 5.74) is 5.41. The summed E-state index contributed by atoms with van der Waals surface area (Å²) >= 11 is 0. The Morgan fingerprint density at radius 2 is 2.12 bits per heavy atom. The van der Waals surface area contributed by atoms with E-state index in [9.17, 15) is 13.2 Å². The maximum atomic E-state index is 11.3. The van der Waals surface area contributed by atoms with Gasteiger partial charge in [0.2, 0.25) is 5.95 Å². The number of carboxylic acids is 1. The highest BCUT2D eigenvalue weighted by atomic mass is 32.2. The van der Waals surface area contributed by atoms with Crippen molar-refractivity contribution in [1.29, 1.82) is 0 Å². The van der Waals surface area contributed by atoms with E-state index in [1.807, 2.05) is 0 Å². The molecule has 90 valence electrons. The lowest BCUT2D eigenvalue weighted by atomic mass is 10.5. The SMILES string of the molecule is CS(=O)(=O)c1cc2nc(C(=O)O)cn2c(N)n1. The van der Waals surface area contributed by atoms with E-state index < -0.39 is 15.8 Å². The molecule has 0 fully saturated rings. The third-order valence-electron chi connectivity index (χ3n) is 2.06. The third-order valence-corrected chi connectivity index (χ3v) is 3.03. The molecule has 9 heteroatoms. The number of anilines is 1. The summed E-state index contributed by atoms with van der Waals surface area (Å²) < 4.78 is 23.8. The lowest BCUT2D eigenvalue weighted by molar-refractivity contribution is 0.0691. The zero-order chi connectivity index (χ0) is 12.8. The Bertz CT molecular complexity index is 718. The molecule has 2 aromatic heterocycles. The molecular weight excluding hydrogens is 248 g/mol. The number of hydrogen-bond donors (Lipinski definition) is 2. The predicted octanol–water partition coefficient (Wildman–Crippen LogP) is -0.587. The minimum absolute atomic E-state index is 0.121. The summed E-state index contributed by atoms with van der Waals surface area (Å²) in [6.07, 6.45) is 2.15. The van der Waals surface area contributed by atoms with Crippen molar-refractivity contribution in [2.24, 2.45) is 0 Å². The number of nitrogens with two attached hydrogens (primary N) is 1. The fourth-order valence-corrected chi connectivity index (χ4v) is 1.86. The van der Waals surface area contributed by atoms with E-state index in [0.29, 0.717) is 0 Å². The standard InChI is InChI=1S/C8H8N4O4S/c1-17(15,16)6-2-5-10-4(7(13)14)3-12(5)8(9)11-6/h2-3H,1H3,(H2,9,11)(H,13,14). The van der Waals surface area contributed by atoms with Gasteiger partial charge in [-0.1, -0.05) is 0 Å². The number of hydrogen-bond acceptors (Lipinski definition) is 6. The summed E-state index contributed by atoms with van der Waals surface area (Å²) in [6.45, 7) is 0. The number of aromatic carboxylic acids is 1. The van der Waals surface area contributed by atoms with E-state index in [-0.39, 0.29) is 22.3 Å². The molecule has 2 aromatic rings. The smallest absolute Gasteiger partial charge is 0.356 e. The lowest BCUT2D eigenvalue weighted by Gasteiger charge is -2.01. The first-order chi connectivity index (χ1) is 7.79.